The van der Waals surface area contributed by atoms with Crippen LogP contribution in [0.15, 0.2) is 77.8 Å². The van der Waals surface area contributed by atoms with Crippen LogP contribution in [0.25, 0.3) is 10.9 Å². The molecular weight excluding hydrogens is 608 g/mol. The van der Waals surface area contributed by atoms with E-state index in [0.717, 1.165) is 16.5 Å². The number of rotatable bonds is 10. The molecule has 0 saturated heterocycles. The van der Waals surface area contributed by atoms with Crippen molar-refractivity contribution in [2.45, 2.75) is 37.3 Å². The summed E-state index contributed by atoms with van der Waals surface area (Å²) in [6, 6.07) is 18.4. The van der Waals surface area contributed by atoms with Gasteiger partial charge in [-0.1, -0.05) is 25.1 Å². The van der Waals surface area contributed by atoms with E-state index in [2.05, 4.69) is 5.32 Å². The highest BCUT2D eigenvalue weighted by Gasteiger charge is 2.35. The number of ether oxygens (including phenoxy) is 2. The van der Waals surface area contributed by atoms with E-state index in [4.69, 9.17) is 9.47 Å². The van der Waals surface area contributed by atoms with E-state index < -0.39 is 22.2 Å². The molecule has 1 aliphatic rings. The summed E-state index contributed by atoms with van der Waals surface area (Å²) in [6.45, 7) is 3.60. The van der Waals surface area contributed by atoms with E-state index in [1.54, 1.807) is 42.2 Å². The average Bonchev–Trinajstić information content (AvgIpc) is 3.36. The van der Waals surface area contributed by atoms with Gasteiger partial charge in [0.25, 0.3) is 5.91 Å². The lowest BCUT2D eigenvalue weighted by molar-refractivity contribution is -0.115. The molecule has 244 valence electrons. The number of hydrogen-bond donors (Lipinski definition) is 2. The summed E-state index contributed by atoms with van der Waals surface area (Å²) < 4.78 is 41.6. The fraction of sp³-hybridized carbons (Fsp3) is 0.353. The van der Waals surface area contributed by atoms with E-state index in [1.807, 2.05) is 49.0 Å². The van der Waals surface area contributed by atoms with Crippen molar-refractivity contribution >= 4 is 38.4 Å². The van der Waals surface area contributed by atoms with Gasteiger partial charge in [0, 0.05) is 49.3 Å². The molecular formula is C34H40N4O7S. The number of likely N-dealkylation sites (N-methyl/N-ethyl adjacent to an activating group) is 1. The van der Waals surface area contributed by atoms with Gasteiger partial charge in [-0.2, -0.15) is 4.31 Å². The lowest BCUT2D eigenvalue weighted by atomic mass is 9.99. The SMILES string of the molecule is COc1ccc(S(=O)(=O)N(C)C[C@H]2Oc3ccc(NC(=O)Cc4cn(C)c5ccccc45)cc3C(=O)N([C@@H](C)CO)C[C@H]2C)cc1. The van der Waals surface area contributed by atoms with E-state index in [1.165, 1.54) is 30.6 Å². The first-order valence-electron chi connectivity index (χ1n) is 15.1. The Morgan fingerprint density at radius 2 is 1.87 bits per heavy atom. The number of fused-ring (bicyclic) bond motifs is 2. The number of carbonyl (C=O) groups excluding carboxylic acids is 2. The standard InChI is InChI=1S/C34H40N4O7S/c1-22-18-38(23(2)21-39)34(41)29-17-25(35-33(40)16-24-19-36(3)30-9-7-6-8-28(24)30)10-15-31(29)45-32(22)20-37(4)46(42,43)27-13-11-26(44-5)12-14-27/h6-15,17,19,22-23,32,39H,16,18,20-21H2,1-5H3,(H,35,40)/t22-,23+,32-/m1/s1. The summed E-state index contributed by atoms with van der Waals surface area (Å²) in [5, 5.41) is 13.9. The van der Waals surface area contributed by atoms with Crippen LogP contribution in [-0.2, 0) is 28.3 Å². The highest BCUT2D eigenvalue weighted by Crippen LogP contribution is 2.32. The molecule has 0 aliphatic carbocycles. The van der Waals surface area contributed by atoms with Gasteiger partial charge < -0.3 is 29.4 Å². The molecule has 0 fully saturated rings. The zero-order chi connectivity index (χ0) is 33.2. The van der Waals surface area contributed by atoms with Crippen molar-refractivity contribution in [3.05, 3.63) is 84.1 Å². The predicted molar refractivity (Wildman–Crippen MR) is 176 cm³/mol. The van der Waals surface area contributed by atoms with Gasteiger partial charge in [0.2, 0.25) is 15.9 Å². The summed E-state index contributed by atoms with van der Waals surface area (Å²) in [7, 11) is 1.07. The number of benzene rings is 3. The molecule has 0 bridgehead atoms. The molecule has 12 heteroatoms. The highest BCUT2D eigenvalue weighted by molar-refractivity contribution is 7.89. The van der Waals surface area contributed by atoms with Crippen LogP contribution >= 0.6 is 0 Å². The number of amides is 2. The average molecular weight is 649 g/mol. The number of anilines is 1. The molecule has 3 aromatic carbocycles. The molecule has 4 aromatic rings. The normalized spacial score (nSPS) is 17.6. The van der Waals surface area contributed by atoms with Crippen molar-refractivity contribution < 1.29 is 32.6 Å². The van der Waals surface area contributed by atoms with Gasteiger partial charge >= 0.3 is 0 Å². The highest BCUT2D eigenvalue weighted by atomic mass is 32.2. The van der Waals surface area contributed by atoms with Gasteiger partial charge in [0.05, 0.1) is 43.2 Å². The van der Waals surface area contributed by atoms with Gasteiger partial charge in [0.1, 0.15) is 17.6 Å². The number of para-hydroxylation sites is 1. The van der Waals surface area contributed by atoms with Gasteiger partial charge in [-0.05, 0) is 61.0 Å². The molecule has 1 aromatic heterocycles. The number of nitrogens with zero attached hydrogens (tertiary/aromatic N) is 3. The van der Waals surface area contributed by atoms with Crippen molar-refractivity contribution in [1.82, 2.24) is 13.8 Å². The summed E-state index contributed by atoms with van der Waals surface area (Å²) in [4.78, 5) is 28.7. The van der Waals surface area contributed by atoms with Crippen molar-refractivity contribution in [2.24, 2.45) is 13.0 Å². The molecule has 11 nitrogen and oxygen atoms in total. The number of nitrogens with one attached hydrogen (secondary N) is 1. The molecule has 2 N–H and O–H groups in total. The Labute approximate surface area is 269 Å². The number of hydrogen-bond acceptors (Lipinski definition) is 7. The maximum Gasteiger partial charge on any atom is 0.258 e. The van der Waals surface area contributed by atoms with Crippen LogP contribution < -0.4 is 14.8 Å². The topological polar surface area (TPSA) is 130 Å². The van der Waals surface area contributed by atoms with Crippen molar-refractivity contribution in [3.63, 3.8) is 0 Å². The van der Waals surface area contributed by atoms with Crippen molar-refractivity contribution in [3.8, 4) is 11.5 Å². The molecule has 46 heavy (non-hydrogen) atoms. The van der Waals surface area contributed by atoms with Gasteiger partial charge in [0.15, 0.2) is 0 Å². The van der Waals surface area contributed by atoms with Crippen LogP contribution in [0.3, 0.4) is 0 Å². The summed E-state index contributed by atoms with van der Waals surface area (Å²) in [6.07, 6.45) is 1.44. The zero-order valence-corrected chi connectivity index (χ0v) is 27.5. The lowest BCUT2D eigenvalue weighted by Gasteiger charge is -2.38. The Balaban J connectivity index is 1.40. The first-order chi connectivity index (χ1) is 21.9. The Morgan fingerprint density at radius 1 is 1.15 bits per heavy atom. The van der Waals surface area contributed by atoms with Crippen molar-refractivity contribution in [1.29, 1.82) is 0 Å². The Hall–Kier alpha value is -4.39. The minimum absolute atomic E-state index is 0.00796. The van der Waals surface area contributed by atoms with E-state index in [9.17, 15) is 23.1 Å². The van der Waals surface area contributed by atoms with E-state index in [-0.39, 0.29) is 60.1 Å². The summed E-state index contributed by atoms with van der Waals surface area (Å²) in [5.41, 5.74) is 2.54. The van der Waals surface area contributed by atoms with Crippen LogP contribution in [0.1, 0.15) is 29.8 Å². The number of aliphatic hydroxyl groups excluding tert-OH is 1. The molecule has 0 saturated carbocycles. The fourth-order valence-electron chi connectivity index (χ4n) is 5.74. The van der Waals surface area contributed by atoms with Gasteiger partial charge in [-0.3, -0.25) is 9.59 Å². The van der Waals surface area contributed by atoms with Crippen LogP contribution in [0.2, 0.25) is 0 Å². The molecule has 2 heterocycles. The number of carbonyl (C=O) groups is 2. The van der Waals surface area contributed by atoms with Crippen LogP contribution in [0.5, 0.6) is 11.5 Å². The van der Waals surface area contributed by atoms with Gasteiger partial charge in [-0.15, -0.1) is 0 Å². The number of methoxy groups -OCH3 is 1. The smallest absolute Gasteiger partial charge is 0.258 e. The number of aliphatic hydroxyl groups is 1. The molecule has 1 aliphatic heterocycles. The summed E-state index contributed by atoms with van der Waals surface area (Å²) >= 11 is 0. The third kappa shape index (κ3) is 6.74. The quantitative estimate of drug-likeness (QED) is 0.267. The Bertz CT molecular complexity index is 1840. The van der Waals surface area contributed by atoms with Crippen LogP contribution in [0.4, 0.5) is 5.69 Å². The number of aromatic nitrogens is 1. The first-order valence-corrected chi connectivity index (χ1v) is 16.5. The maximum atomic E-state index is 13.8. The zero-order valence-electron chi connectivity index (χ0n) is 26.6. The Kier molecular flexibility index (Phi) is 9.71. The molecule has 2 amide bonds. The molecule has 5 rings (SSSR count). The largest absolute Gasteiger partial charge is 0.497 e. The van der Waals surface area contributed by atoms with E-state index >= 15 is 0 Å². The second kappa shape index (κ2) is 13.5. The monoisotopic (exact) mass is 648 g/mol. The third-order valence-electron chi connectivity index (χ3n) is 8.48. The minimum Gasteiger partial charge on any atom is -0.497 e. The summed E-state index contributed by atoms with van der Waals surface area (Å²) in [5.74, 6) is -0.0834. The second-order valence-electron chi connectivity index (χ2n) is 11.8. The number of aryl methyl sites for hydroxylation is 1. The van der Waals surface area contributed by atoms with Gasteiger partial charge in [-0.25, -0.2) is 8.42 Å². The third-order valence-corrected chi connectivity index (χ3v) is 10.3. The first kappa shape index (κ1) is 33.0. The molecule has 0 radical (unpaired) electrons. The molecule has 3 atom stereocenters. The second-order valence-corrected chi connectivity index (χ2v) is 13.8. The van der Waals surface area contributed by atoms with Crippen LogP contribution in [-0.4, -0.2) is 85.1 Å². The van der Waals surface area contributed by atoms with E-state index in [0.29, 0.717) is 11.4 Å². The minimum atomic E-state index is -3.86. The molecule has 0 spiro atoms. The lowest BCUT2D eigenvalue weighted by Crippen LogP contribution is -2.50. The number of sulfonamides is 1. The predicted octanol–water partition coefficient (Wildman–Crippen LogP) is 3.91. The maximum absolute atomic E-state index is 13.8. The fourth-order valence-corrected chi connectivity index (χ4v) is 6.93. The molecule has 0 unspecified atom stereocenters. The Morgan fingerprint density at radius 3 is 2.57 bits per heavy atom. The van der Waals surface area contributed by atoms with Crippen LogP contribution in [0, 0.1) is 5.92 Å². The van der Waals surface area contributed by atoms with Crippen molar-refractivity contribution in [2.75, 3.05) is 39.2 Å².